The van der Waals surface area contributed by atoms with Gasteiger partial charge < -0.3 is 0 Å². The fourth-order valence-electron chi connectivity index (χ4n) is 0.0278. The smallest absolute Gasteiger partial charge is 0.0745 e. The molecule has 0 rings (SSSR count). The van der Waals surface area contributed by atoms with Crippen molar-refractivity contribution in [3.05, 3.63) is 0 Å². The van der Waals surface area contributed by atoms with Gasteiger partial charge in [0.25, 0.3) is 0 Å². The standard InChI is InChI=1S/CH3O4/c1-3-5-4-2/h1H3. The molecule has 0 N–H and O–H groups in total. The molecule has 0 aromatic heterocycles. The van der Waals surface area contributed by atoms with Crippen LogP contribution in [0.25, 0.3) is 0 Å². The van der Waals surface area contributed by atoms with Gasteiger partial charge >= 0.3 is 0 Å². The highest BCUT2D eigenvalue weighted by molar-refractivity contribution is 3.35. The van der Waals surface area contributed by atoms with Gasteiger partial charge in [-0.3, -0.25) is 0 Å². The first kappa shape index (κ1) is 4.84. The van der Waals surface area contributed by atoms with E-state index in [4.69, 9.17) is 5.26 Å². The monoisotopic (exact) mass is 79.0 g/mol. The van der Waals surface area contributed by atoms with Crippen molar-refractivity contribution >= 4 is 0 Å². The van der Waals surface area contributed by atoms with E-state index in [1.807, 2.05) is 0 Å². The van der Waals surface area contributed by atoms with E-state index in [0.717, 1.165) is 7.11 Å². The van der Waals surface area contributed by atoms with Gasteiger partial charge in [0.1, 0.15) is 0 Å². The molecule has 0 bridgehead atoms. The van der Waals surface area contributed by atoms with Gasteiger partial charge in [-0.15, -0.1) is 0 Å². The minimum atomic E-state index is 1.16. The van der Waals surface area contributed by atoms with Crippen LogP contribution >= 0.6 is 0 Å². The minimum absolute atomic E-state index is 1.16. The lowest BCUT2D eigenvalue weighted by Crippen LogP contribution is -1.82. The van der Waals surface area contributed by atoms with Crippen LogP contribution in [0.3, 0.4) is 0 Å². The average Bonchev–Trinajstić information content (AvgIpc) is 1.41. The summed E-state index contributed by atoms with van der Waals surface area (Å²) in [6.07, 6.45) is 0. The summed E-state index contributed by atoms with van der Waals surface area (Å²) in [6, 6.07) is 0. The first-order valence-corrected chi connectivity index (χ1v) is 0.908. The molecule has 0 aliphatic rings. The number of rotatable bonds is 2. The first-order valence-electron chi connectivity index (χ1n) is 0.908. The summed E-state index contributed by atoms with van der Waals surface area (Å²) in [7, 11) is 1.16. The fraction of sp³-hybridized carbons (Fsp3) is 1.00. The van der Waals surface area contributed by atoms with E-state index in [1.165, 1.54) is 0 Å². The molecule has 1 radical (unpaired) electrons. The van der Waals surface area contributed by atoms with Crippen molar-refractivity contribution < 1.29 is 20.2 Å². The highest BCUT2D eigenvalue weighted by atomic mass is 17.6. The maximum atomic E-state index is 8.68. The molecule has 0 spiro atoms. The Hall–Kier alpha value is -0.160. The van der Waals surface area contributed by atoms with Crippen LogP contribution in [-0.2, 0) is 20.2 Å². The van der Waals surface area contributed by atoms with Crippen LogP contribution in [0, 0.1) is 0 Å². The van der Waals surface area contributed by atoms with Crippen molar-refractivity contribution in [3.8, 4) is 0 Å². The van der Waals surface area contributed by atoms with Gasteiger partial charge in [-0.2, -0.15) is 0 Å². The second kappa shape index (κ2) is 3.84. The third-order valence-corrected chi connectivity index (χ3v) is 0.0958. The third kappa shape index (κ3) is 3.84. The van der Waals surface area contributed by atoms with Gasteiger partial charge in [0, 0.05) is 0 Å². The summed E-state index contributed by atoms with van der Waals surface area (Å²) in [5.74, 6) is 0. The zero-order valence-corrected chi connectivity index (χ0v) is 2.63. The molecule has 0 aliphatic heterocycles. The molecule has 31 valence electrons. The Morgan fingerprint density at radius 1 is 1.60 bits per heavy atom. The summed E-state index contributed by atoms with van der Waals surface area (Å²) in [5.41, 5.74) is 0. The van der Waals surface area contributed by atoms with Crippen LogP contribution in [0.1, 0.15) is 0 Å². The summed E-state index contributed by atoms with van der Waals surface area (Å²) < 4.78 is 0. The van der Waals surface area contributed by atoms with Gasteiger partial charge in [-0.25, -0.2) is 4.89 Å². The topological polar surface area (TPSA) is 47.6 Å². The molecule has 0 unspecified atom stereocenters. The lowest BCUT2D eigenvalue weighted by molar-refractivity contribution is -0.641. The Bertz CT molecular complexity index is 11.1. The van der Waals surface area contributed by atoms with Crippen LogP contribution in [0.15, 0.2) is 0 Å². The van der Waals surface area contributed by atoms with Gasteiger partial charge in [0.2, 0.25) is 0 Å². The molecule has 0 aliphatic carbocycles. The molecule has 0 fully saturated rings. The largest absolute Gasteiger partial charge is 0.207 e. The maximum absolute atomic E-state index is 8.68. The molecule has 0 aromatic rings. The Kier molecular flexibility index (Phi) is 3.72. The highest BCUT2D eigenvalue weighted by Crippen LogP contribution is 1.65. The quantitative estimate of drug-likeness (QED) is 0.341. The van der Waals surface area contributed by atoms with Crippen molar-refractivity contribution in [2.24, 2.45) is 0 Å². The van der Waals surface area contributed by atoms with Gasteiger partial charge in [0.15, 0.2) is 0 Å². The SMILES string of the molecule is COOO[O]. The molecule has 0 saturated carbocycles. The second-order valence-corrected chi connectivity index (χ2v) is 0.303. The van der Waals surface area contributed by atoms with E-state index in [1.54, 1.807) is 0 Å². The van der Waals surface area contributed by atoms with Crippen molar-refractivity contribution in [2.45, 2.75) is 0 Å². The predicted octanol–water partition coefficient (Wildman–Crippen LogP) is -0.158. The molecule has 4 nitrogen and oxygen atoms in total. The Labute approximate surface area is 28.7 Å². The van der Waals surface area contributed by atoms with E-state index < -0.39 is 0 Å². The van der Waals surface area contributed by atoms with E-state index in [0.29, 0.717) is 0 Å². The number of hydrogen-bond donors (Lipinski definition) is 0. The first-order chi connectivity index (χ1) is 2.41. The Morgan fingerprint density at radius 3 is 2.20 bits per heavy atom. The number of hydrogen-bond acceptors (Lipinski definition) is 3. The molecule has 5 heavy (non-hydrogen) atoms. The lowest BCUT2D eigenvalue weighted by atomic mass is 11.8. The van der Waals surface area contributed by atoms with Crippen LogP contribution in [0.5, 0.6) is 0 Å². The van der Waals surface area contributed by atoms with Gasteiger partial charge in [-0.05, 0) is 15.3 Å². The van der Waals surface area contributed by atoms with Crippen LogP contribution in [0.2, 0.25) is 0 Å². The second-order valence-electron chi connectivity index (χ2n) is 0.303. The molecule has 0 heterocycles. The van der Waals surface area contributed by atoms with Gasteiger partial charge in [-0.1, -0.05) is 0 Å². The molecule has 0 atom stereocenters. The van der Waals surface area contributed by atoms with E-state index in [9.17, 15) is 0 Å². The lowest BCUT2D eigenvalue weighted by Gasteiger charge is -1.79. The molecular weight excluding hydrogens is 76.0 g/mol. The average molecular weight is 79.0 g/mol. The van der Waals surface area contributed by atoms with Crippen molar-refractivity contribution in [3.63, 3.8) is 0 Å². The van der Waals surface area contributed by atoms with Crippen LogP contribution < -0.4 is 0 Å². The molecule has 0 amide bonds. The molecular formula is CH3O4. The van der Waals surface area contributed by atoms with E-state index >= 15 is 0 Å². The molecule has 0 aromatic carbocycles. The summed E-state index contributed by atoms with van der Waals surface area (Å²) in [4.78, 5) is 3.66. The Morgan fingerprint density at radius 2 is 2.20 bits per heavy atom. The molecule has 0 saturated heterocycles. The van der Waals surface area contributed by atoms with Crippen LogP contribution in [0.4, 0.5) is 0 Å². The summed E-state index contributed by atoms with van der Waals surface area (Å²) >= 11 is 0. The zero-order valence-electron chi connectivity index (χ0n) is 2.63. The fourth-order valence-corrected chi connectivity index (χ4v) is 0.0278. The molecule has 4 heteroatoms. The maximum Gasteiger partial charge on any atom is 0.0745 e. The highest BCUT2D eigenvalue weighted by Gasteiger charge is 1.68. The van der Waals surface area contributed by atoms with Crippen molar-refractivity contribution in [1.82, 2.24) is 0 Å². The normalized spacial score (nSPS) is 8.40. The zero-order chi connectivity index (χ0) is 4.12. The summed E-state index contributed by atoms with van der Waals surface area (Å²) in [5, 5.41) is 14.7. The predicted molar refractivity (Wildman–Crippen MR) is 9.87 cm³/mol. The van der Waals surface area contributed by atoms with E-state index in [2.05, 4.69) is 15.0 Å². The van der Waals surface area contributed by atoms with Crippen molar-refractivity contribution in [1.29, 1.82) is 0 Å². The summed E-state index contributed by atoms with van der Waals surface area (Å²) in [6.45, 7) is 0. The third-order valence-electron chi connectivity index (χ3n) is 0.0958. The van der Waals surface area contributed by atoms with Gasteiger partial charge in [0.05, 0.1) is 7.11 Å². The minimum Gasteiger partial charge on any atom is -0.207 e. The van der Waals surface area contributed by atoms with E-state index in [-0.39, 0.29) is 0 Å². The Balaban J connectivity index is 2.19. The van der Waals surface area contributed by atoms with Crippen LogP contribution in [-0.4, -0.2) is 7.11 Å². The van der Waals surface area contributed by atoms with Crippen molar-refractivity contribution in [2.75, 3.05) is 7.11 Å².